The number of benzene rings is 1. The minimum atomic E-state index is -0.574. The van der Waals surface area contributed by atoms with Crippen molar-refractivity contribution in [2.24, 2.45) is 0 Å². The van der Waals surface area contributed by atoms with Gasteiger partial charge in [-0.3, -0.25) is 10.1 Å². The van der Waals surface area contributed by atoms with Crippen LogP contribution in [0.4, 0.5) is 5.13 Å². The molecule has 1 N–H and O–H groups in total. The molecule has 0 radical (unpaired) electrons. The van der Waals surface area contributed by atoms with Crippen LogP contribution in [0.3, 0.4) is 0 Å². The Hall–Kier alpha value is -1.83. The lowest BCUT2D eigenvalue weighted by Gasteiger charge is -2.35. The zero-order chi connectivity index (χ0) is 17.1. The van der Waals surface area contributed by atoms with E-state index >= 15 is 0 Å². The molecule has 1 aromatic heterocycles. The third-order valence-electron chi connectivity index (χ3n) is 4.97. The Morgan fingerprint density at radius 1 is 1.16 bits per heavy atom. The van der Waals surface area contributed by atoms with Crippen LogP contribution in [-0.2, 0) is 19.7 Å². The Morgan fingerprint density at radius 3 is 2.68 bits per heavy atom. The average molecular weight is 359 g/mol. The molecule has 2 aromatic rings. The first-order valence-corrected chi connectivity index (χ1v) is 9.49. The fourth-order valence-electron chi connectivity index (χ4n) is 3.53. The molecule has 3 heterocycles. The molecule has 4 rings (SSSR count). The van der Waals surface area contributed by atoms with Crippen molar-refractivity contribution in [3.8, 4) is 0 Å². The highest BCUT2D eigenvalue weighted by Crippen LogP contribution is 2.37. The van der Waals surface area contributed by atoms with Gasteiger partial charge in [0.25, 0.3) is 0 Å². The lowest BCUT2D eigenvalue weighted by Crippen LogP contribution is -2.44. The number of nitrogens with zero attached hydrogens (tertiary/aromatic N) is 2. The lowest BCUT2D eigenvalue weighted by molar-refractivity contribution is -0.125. The number of rotatable bonds is 4. The summed E-state index contributed by atoms with van der Waals surface area (Å²) in [7, 11) is 0. The molecule has 1 atom stereocenters. The Labute approximate surface area is 150 Å². The molecule has 0 unspecified atom stereocenters. The van der Waals surface area contributed by atoms with E-state index in [-0.39, 0.29) is 12.0 Å². The smallest absolute Gasteiger partial charge is 0.237 e. The minimum Gasteiger partial charge on any atom is -0.381 e. The van der Waals surface area contributed by atoms with E-state index in [1.165, 1.54) is 11.3 Å². The topological polar surface area (TPSA) is 73.3 Å². The van der Waals surface area contributed by atoms with Crippen molar-refractivity contribution < 1.29 is 14.3 Å². The van der Waals surface area contributed by atoms with Crippen LogP contribution in [0, 0.1) is 0 Å². The molecule has 0 spiro atoms. The third kappa shape index (κ3) is 3.31. The second kappa shape index (κ2) is 7.19. The van der Waals surface area contributed by atoms with Crippen molar-refractivity contribution in [3.05, 3.63) is 40.9 Å². The van der Waals surface area contributed by atoms with Crippen molar-refractivity contribution in [1.29, 1.82) is 0 Å². The molecule has 2 fully saturated rings. The summed E-state index contributed by atoms with van der Waals surface area (Å²) < 4.78 is 11.1. The van der Waals surface area contributed by atoms with Crippen LogP contribution in [0.2, 0.25) is 0 Å². The van der Waals surface area contributed by atoms with Crippen molar-refractivity contribution in [2.75, 3.05) is 25.1 Å². The zero-order valence-corrected chi connectivity index (χ0v) is 14.8. The number of hydrogen-bond donors (Lipinski definition) is 1. The monoisotopic (exact) mass is 359 g/mol. The molecule has 7 heteroatoms. The summed E-state index contributed by atoms with van der Waals surface area (Å²) in [5, 5.41) is 12.7. The number of carbonyl (C=O) groups excluding carboxylic acids is 1. The molecular weight excluding hydrogens is 338 g/mol. The summed E-state index contributed by atoms with van der Waals surface area (Å²) >= 11 is 1.41. The van der Waals surface area contributed by atoms with Crippen LogP contribution in [0.15, 0.2) is 30.3 Å². The van der Waals surface area contributed by atoms with Gasteiger partial charge in [0.15, 0.2) is 0 Å². The maximum atomic E-state index is 13.2. The van der Waals surface area contributed by atoms with Crippen LogP contribution in [0.5, 0.6) is 0 Å². The molecule has 2 aliphatic heterocycles. The van der Waals surface area contributed by atoms with E-state index in [2.05, 4.69) is 15.5 Å². The van der Waals surface area contributed by atoms with E-state index in [1.54, 1.807) is 0 Å². The summed E-state index contributed by atoms with van der Waals surface area (Å²) in [6, 6.07) is 9.94. The SMILES string of the molecule is O=C(Nc1nnc([C@H]2CCCO2)s1)C1(c2ccccc2)CCOCC1. The molecule has 0 bridgehead atoms. The number of hydrogen-bond acceptors (Lipinski definition) is 6. The van der Waals surface area contributed by atoms with Gasteiger partial charge in [0.2, 0.25) is 11.0 Å². The van der Waals surface area contributed by atoms with Crippen LogP contribution < -0.4 is 5.32 Å². The van der Waals surface area contributed by atoms with Gasteiger partial charge >= 0.3 is 0 Å². The lowest BCUT2D eigenvalue weighted by atomic mass is 9.73. The predicted molar refractivity (Wildman–Crippen MR) is 94.6 cm³/mol. The highest BCUT2D eigenvalue weighted by atomic mass is 32.1. The molecular formula is C18H21N3O3S. The molecule has 6 nitrogen and oxygen atoms in total. The molecule has 2 saturated heterocycles. The minimum absolute atomic E-state index is 0.0225. The Kier molecular flexibility index (Phi) is 4.78. The van der Waals surface area contributed by atoms with Gasteiger partial charge in [-0.15, -0.1) is 10.2 Å². The zero-order valence-electron chi connectivity index (χ0n) is 13.9. The van der Waals surface area contributed by atoms with Crippen LogP contribution in [0.1, 0.15) is 42.4 Å². The Bertz CT molecular complexity index is 722. The van der Waals surface area contributed by atoms with E-state index in [0.717, 1.165) is 30.0 Å². The normalized spacial score (nSPS) is 22.6. The molecule has 132 valence electrons. The largest absolute Gasteiger partial charge is 0.381 e. The summed E-state index contributed by atoms with van der Waals surface area (Å²) in [5.74, 6) is -0.0305. The summed E-state index contributed by atoms with van der Waals surface area (Å²) in [5.41, 5.74) is 0.453. The van der Waals surface area contributed by atoms with Gasteiger partial charge in [-0.1, -0.05) is 41.7 Å². The average Bonchev–Trinajstić information content (AvgIpc) is 3.34. The maximum Gasteiger partial charge on any atom is 0.237 e. The number of ether oxygens (including phenoxy) is 2. The van der Waals surface area contributed by atoms with Gasteiger partial charge in [0.1, 0.15) is 11.1 Å². The van der Waals surface area contributed by atoms with Crippen molar-refractivity contribution >= 4 is 22.4 Å². The quantitative estimate of drug-likeness (QED) is 0.908. The van der Waals surface area contributed by atoms with Crippen molar-refractivity contribution in [2.45, 2.75) is 37.2 Å². The highest BCUT2D eigenvalue weighted by molar-refractivity contribution is 7.15. The Balaban J connectivity index is 1.55. The van der Waals surface area contributed by atoms with E-state index < -0.39 is 5.41 Å². The molecule has 0 aliphatic carbocycles. The van der Waals surface area contributed by atoms with Crippen molar-refractivity contribution in [1.82, 2.24) is 10.2 Å². The summed E-state index contributed by atoms with van der Waals surface area (Å²) in [6.07, 6.45) is 3.37. The fourth-order valence-corrected chi connectivity index (χ4v) is 4.35. The Morgan fingerprint density at radius 2 is 1.96 bits per heavy atom. The predicted octanol–water partition coefficient (Wildman–Crippen LogP) is 3.08. The van der Waals surface area contributed by atoms with Gasteiger partial charge in [-0.25, -0.2) is 0 Å². The van der Waals surface area contributed by atoms with Crippen LogP contribution in [0.25, 0.3) is 0 Å². The number of aromatic nitrogens is 2. The van der Waals surface area contributed by atoms with E-state index in [9.17, 15) is 4.79 Å². The number of anilines is 1. The van der Waals surface area contributed by atoms with Gasteiger partial charge < -0.3 is 9.47 Å². The first kappa shape index (κ1) is 16.6. The van der Waals surface area contributed by atoms with Crippen LogP contribution >= 0.6 is 11.3 Å². The number of carbonyl (C=O) groups is 1. The third-order valence-corrected chi connectivity index (χ3v) is 5.90. The second-order valence-electron chi connectivity index (χ2n) is 6.46. The van der Waals surface area contributed by atoms with Crippen molar-refractivity contribution in [3.63, 3.8) is 0 Å². The van der Waals surface area contributed by atoms with Gasteiger partial charge in [-0.05, 0) is 31.2 Å². The fraction of sp³-hybridized carbons (Fsp3) is 0.500. The van der Waals surface area contributed by atoms with E-state index in [1.807, 2.05) is 30.3 Å². The molecule has 1 aromatic carbocycles. The van der Waals surface area contributed by atoms with E-state index in [0.29, 0.717) is 31.2 Å². The van der Waals surface area contributed by atoms with Gasteiger partial charge in [0, 0.05) is 19.8 Å². The maximum absolute atomic E-state index is 13.2. The second-order valence-corrected chi connectivity index (χ2v) is 7.47. The van der Waals surface area contributed by atoms with Gasteiger partial charge in [0.05, 0.1) is 5.41 Å². The standard InChI is InChI=1S/C18H21N3O3S/c22-16(19-17-21-20-15(25-17)14-7-4-10-24-14)18(8-11-23-12-9-18)13-5-2-1-3-6-13/h1-3,5-6,14H,4,7-12H2,(H,19,21,22)/t14-/m1/s1. The molecule has 2 aliphatic rings. The number of nitrogens with one attached hydrogen (secondary N) is 1. The van der Waals surface area contributed by atoms with Crippen LogP contribution in [-0.4, -0.2) is 35.9 Å². The molecule has 0 saturated carbocycles. The molecule has 25 heavy (non-hydrogen) atoms. The van der Waals surface area contributed by atoms with Gasteiger partial charge in [-0.2, -0.15) is 0 Å². The summed E-state index contributed by atoms with van der Waals surface area (Å²) in [4.78, 5) is 13.2. The first-order valence-electron chi connectivity index (χ1n) is 8.68. The molecule has 1 amide bonds. The number of amides is 1. The first-order chi connectivity index (χ1) is 12.3. The summed E-state index contributed by atoms with van der Waals surface area (Å²) in [6.45, 7) is 1.93. The highest BCUT2D eigenvalue weighted by Gasteiger charge is 2.42. The van der Waals surface area contributed by atoms with E-state index in [4.69, 9.17) is 9.47 Å².